The van der Waals surface area contributed by atoms with Gasteiger partial charge in [0, 0.05) is 37.6 Å². The summed E-state index contributed by atoms with van der Waals surface area (Å²) in [6, 6.07) is 16.3. The van der Waals surface area contributed by atoms with Crippen LogP contribution in [-0.4, -0.2) is 16.5 Å². The number of nitrogens with one attached hydrogen (secondary N) is 1. The van der Waals surface area contributed by atoms with Gasteiger partial charge in [-0.1, -0.05) is 24.3 Å². The van der Waals surface area contributed by atoms with Crippen LogP contribution in [0.15, 0.2) is 60.9 Å². The summed E-state index contributed by atoms with van der Waals surface area (Å²) >= 11 is 0. The highest BCUT2D eigenvalue weighted by Gasteiger charge is 2.07. The minimum Gasteiger partial charge on any atom is -0.487 e. The van der Waals surface area contributed by atoms with Gasteiger partial charge in [-0.15, -0.1) is 0 Å². The van der Waals surface area contributed by atoms with E-state index in [0.29, 0.717) is 6.61 Å². The van der Waals surface area contributed by atoms with Crippen molar-refractivity contribution in [1.82, 2.24) is 15.3 Å². The van der Waals surface area contributed by atoms with Crippen molar-refractivity contribution in [2.24, 2.45) is 0 Å². The third kappa shape index (κ3) is 5.14. The first-order valence-electron chi connectivity index (χ1n) is 8.96. The Balaban J connectivity index is 1.53. The molecule has 4 nitrogen and oxygen atoms in total. The molecule has 1 aromatic carbocycles. The first-order valence-corrected chi connectivity index (χ1v) is 8.96. The second-order valence-corrected chi connectivity index (χ2v) is 6.42. The molecule has 4 heteroatoms. The van der Waals surface area contributed by atoms with Gasteiger partial charge in [0.05, 0.1) is 5.69 Å². The van der Waals surface area contributed by atoms with E-state index in [0.717, 1.165) is 47.8 Å². The molecular weight excluding hydrogens is 322 g/mol. The maximum Gasteiger partial charge on any atom is 0.130 e. The molecule has 2 heterocycles. The Bertz CT molecular complexity index is 796. The van der Waals surface area contributed by atoms with Crippen molar-refractivity contribution >= 4 is 0 Å². The summed E-state index contributed by atoms with van der Waals surface area (Å²) in [6.45, 7) is 6.43. The predicted octanol–water partition coefficient (Wildman–Crippen LogP) is 4.00. The summed E-state index contributed by atoms with van der Waals surface area (Å²) in [5.74, 6) is 0.952. The lowest BCUT2D eigenvalue weighted by atomic mass is 10.1. The fourth-order valence-electron chi connectivity index (χ4n) is 2.99. The molecule has 0 spiro atoms. The molecule has 0 aliphatic rings. The molecule has 3 rings (SSSR count). The van der Waals surface area contributed by atoms with Crippen molar-refractivity contribution < 1.29 is 4.74 Å². The summed E-state index contributed by atoms with van der Waals surface area (Å²) in [6.07, 6.45) is 4.56. The number of nitrogens with zero attached hydrogens (tertiary/aromatic N) is 2. The number of pyridine rings is 2. The number of aromatic nitrogens is 2. The van der Waals surface area contributed by atoms with Gasteiger partial charge < -0.3 is 10.1 Å². The average Bonchev–Trinajstić information content (AvgIpc) is 2.66. The highest BCUT2D eigenvalue weighted by Crippen LogP contribution is 2.25. The van der Waals surface area contributed by atoms with Gasteiger partial charge in [0.25, 0.3) is 0 Å². The van der Waals surface area contributed by atoms with Crippen molar-refractivity contribution in [3.05, 3.63) is 89.0 Å². The Hall–Kier alpha value is -2.72. The molecule has 1 N–H and O–H groups in total. The van der Waals surface area contributed by atoms with Crippen LogP contribution in [0.5, 0.6) is 5.75 Å². The van der Waals surface area contributed by atoms with Gasteiger partial charge in [-0.05, 0) is 54.8 Å². The van der Waals surface area contributed by atoms with Gasteiger partial charge in [-0.3, -0.25) is 9.97 Å². The van der Waals surface area contributed by atoms with Crippen molar-refractivity contribution in [2.75, 3.05) is 6.54 Å². The molecule has 0 saturated carbocycles. The van der Waals surface area contributed by atoms with E-state index < -0.39 is 0 Å². The number of hydrogen-bond acceptors (Lipinski definition) is 4. The first kappa shape index (κ1) is 18.1. The highest BCUT2D eigenvalue weighted by molar-refractivity contribution is 5.43. The largest absolute Gasteiger partial charge is 0.487 e. The molecule has 0 amide bonds. The van der Waals surface area contributed by atoms with Crippen LogP contribution in [0.25, 0.3) is 0 Å². The molecule has 134 valence electrons. The summed E-state index contributed by atoms with van der Waals surface area (Å²) < 4.78 is 6.00. The zero-order chi connectivity index (χ0) is 18.2. The van der Waals surface area contributed by atoms with E-state index in [-0.39, 0.29) is 0 Å². The monoisotopic (exact) mass is 347 g/mol. The smallest absolute Gasteiger partial charge is 0.130 e. The molecule has 0 aliphatic carbocycles. The van der Waals surface area contributed by atoms with Crippen molar-refractivity contribution in [2.45, 2.75) is 33.4 Å². The Kier molecular flexibility index (Phi) is 6.34. The molecule has 0 unspecified atom stereocenters. The lowest BCUT2D eigenvalue weighted by molar-refractivity contribution is 0.297. The fraction of sp³-hybridized carbons (Fsp3) is 0.273. The predicted molar refractivity (Wildman–Crippen MR) is 104 cm³/mol. The van der Waals surface area contributed by atoms with Gasteiger partial charge in [-0.2, -0.15) is 0 Å². The number of ether oxygens (including phenoxy) is 1. The highest BCUT2D eigenvalue weighted by atomic mass is 16.5. The average molecular weight is 347 g/mol. The summed E-state index contributed by atoms with van der Waals surface area (Å²) in [7, 11) is 0. The van der Waals surface area contributed by atoms with Gasteiger partial charge in [0.1, 0.15) is 12.4 Å². The van der Waals surface area contributed by atoms with Crippen LogP contribution >= 0.6 is 0 Å². The lowest BCUT2D eigenvalue weighted by Crippen LogP contribution is -2.17. The minimum absolute atomic E-state index is 0.490. The molecular formula is C22H25N3O. The molecule has 26 heavy (non-hydrogen) atoms. The molecule has 2 aromatic heterocycles. The number of aryl methyl sites for hydroxylation is 2. The zero-order valence-corrected chi connectivity index (χ0v) is 15.4. The van der Waals surface area contributed by atoms with Crippen LogP contribution in [-0.2, 0) is 19.6 Å². The molecule has 0 atom stereocenters. The molecule has 0 aliphatic heterocycles. The quantitative estimate of drug-likeness (QED) is 0.626. The summed E-state index contributed by atoms with van der Waals surface area (Å²) in [4.78, 5) is 8.65. The SMILES string of the molecule is Cc1cc(CNCCc2ccccn2)cc(C)c1OCc1ccccn1. The number of hydrogen-bond donors (Lipinski definition) is 1. The Morgan fingerprint density at radius 3 is 2.15 bits per heavy atom. The van der Waals surface area contributed by atoms with E-state index in [1.54, 1.807) is 6.20 Å². The van der Waals surface area contributed by atoms with Gasteiger partial charge in [0.15, 0.2) is 0 Å². The third-order valence-corrected chi connectivity index (χ3v) is 4.22. The number of benzene rings is 1. The van der Waals surface area contributed by atoms with Crippen molar-refractivity contribution in [3.63, 3.8) is 0 Å². The van der Waals surface area contributed by atoms with Crippen molar-refractivity contribution in [3.8, 4) is 5.75 Å². The van der Waals surface area contributed by atoms with E-state index in [2.05, 4.69) is 47.3 Å². The van der Waals surface area contributed by atoms with Crippen LogP contribution in [0, 0.1) is 13.8 Å². The lowest BCUT2D eigenvalue weighted by Gasteiger charge is -2.14. The van der Waals surface area contributed by atoms with Crippen LogP contribution in [0.3, 0.4) is 0 Å². The molecule has 0 bridgehead atoms. The van der Waals surface area contributed by atoms with Crippen LogP contribution in [0.2, 0.25) is 0 Å². The topological polar surface area (TPSA) is 47.0 Å². The third-order valence-electron chi connectivity index (χ3n) is 4.22. The van der Waals surface area contributed by atoms with Crippen LogP contribution < -0.4 is 10.1 Å². The Morgan fingerprint density at radius 2 is 1.54 bits per heavy atom. The van der Waals surface area contributed by atoms with Crippen molar-refractivity contribution in [1.29, 1.82) is 0 Å². The first-order chi connectivity index (χ1) is 12.7. The second-order valence-electron chi connectivity index (χ2n) is 6.42. The van der Waals surface area contributed by atoms with Gasteiger partial charge in [0.2, 0.25) is 0 Å². The molecule has 0 radical (unpaired) electrons. The zero-order valence-electron chi connectivity index (χ0n) is 15.4. The van der Waals surface area contributed by atoms with E-state index in [4.69, 9.17) is 4.74 Å². The maximum atomic E-state index is 6.00. The normalized spacial score (nSPS) is 10.7. The summed E-state index contributed by atoms with van der Waals surface area (Å²) in [5.41, 5.74) is 5.63. The summed E-state index contributed by atoms with van der Waals surface area (Å²) in [5, 5.41) is 3.49. The van der Waals surface area contributed by atoms with E-state index in [9.17, 15) is 0 Å². The Morgan fingerprint density at radius 1 is 0.885 bits per heavy atom. The molecule has 3 aromatic rings. The van der Waals surface area contributed by atoms with Crippen LogP contribution in [0.1, 0.15) is 28.1 Å². The van der Waals surface area contributed by atoms with Gasteiger partial charge >= 0.3 is 0 Å². The Labute approximate surface area is 155 Å². The molecule has 0 saturated heterocycles. The fourth-order valence-corrected chi connectivity index (χ4v) is 2.99. The minimum atomic E-state index is 0.490. The molecule has 0 fully saturated rings. The second kappa shape index (κ2) is 9.11. The van der Waals surface area contributed by atoms with E-state index in [1.807, 2.05) is 36.5 Å². The number of rotatable bonds is 8. The standard InChI is InChI=1S/C22H25N3O/c1-17-13-19(15-23-12-9-20-7-3-5-10-24-20)14-18(2)22(17)26-16-21-8-4-6-11-25-21/h3-8,10-11,13-14,23H,9,12,15-16H2,1-2H3. The van der Waals surface area contributed by atoms with E-state index >= 15 is 0 Å². The van der Waals surface area contributed by atoms with Crippen LogP contribution in [0.4, 0.5) is 0 Å². The van der Waals surface area contributed by atoms with Gasteiger partial charge in [-0.25, -0.2) is 0 Å². The van der Waals surface area contributed by atoms with E-state index in [1.165, 1.54) is 5.56 Å². The maximum absolute atomic E-state index is 6.00.